The monoisotopic (exact) mass is 284 g/mol. The van der Waals surface area contributed by atoms with E-state index in [4.69, 9.17) is 0 Å². The summed E-state index contributed by atoms with van der Waals surface area (Å²) in [7, 11) is -3.30. The Morgan fingerprint density at radius 1 is 1.26 bits per heavy atom. The van der Waals surface area contributed by atoms with E-state index in [9.17, 15) is 23.1 Å². The van der Waals surface area contributed by atoms with Crippen LogP contribution in [0.2, 0.25) is 0 Å². The van der Waals surface area contributed by atoms with E-state index in [1.165, 1.54) is 12.1 Å². The minimum atomic E-state index is -3.30. The van der Waals surface area contributed by atoms with E-state index >= 15 is 0 Å². The molecule has 0 spiro atoms. The van der Waals surface area contributed by atoms with Crippen LogP contribution in [-0.4, -0.2) is 38.3 Å². The normalized spacial score (nSPS) is 12.7. The molecule has 104 valence electrons. The van der Waals surface area contributed by atoms with Gasteiger partial charge in [-0.25, -0.2) is 8.42 Å². The molecule has 0 saturated carbocycles. The van der Waals surface area contributed by atoms with Gasteiger partial charge in [-0.05, 0) is 18.6 Å². The van der Waals surface area contributed by atoms with Crippen molar-refractivity contribution in [3.63, 3.8) is 0 Å². The third-order valence-electron chi connectivity index (χ3n) is 2.40. The van der Waals surface area contributed by atoms with Gasteiger partial charge in [0.25, 0.3) is 5.91 Å². The zero-order valence-corrected chi connectivity index (χ0v) is 11.1. The number of rotatable bonds is 6. The van der Waals surface area contributed by atoms with Crippen LogP contribution in [0.4, 0.5) is 0 Å². The molecule has 1 rings (SSSR count). The maximum absolute atomic E-state index is 11.7. The molecule has 0 bridgehead atoms. The van der Waals surface area contributed by atoms with Gasteiger partial charge in [-0.3, -0.25) is 4.79 Å². The summed E-state index contributed by atoms with van der Waals surface area (Å²) in [6.45, 7) is 0. The van der Waals surface area contributed by atoms with E-state index in [-0.39, 0.29) is 12.2 Å². The smallest absolute Gasteiger partial charge is 0.251 e. The summed E-state index contributed by atoms with van der Waals surface area (Å²) in [5.74, 6) is -2.42. The molecular formula is C12H14NO5S-. The van der Waals surface area contributed by atoms with Gasteiger partial charge in [-0.1, -0.05) is 18.2 Å². The number of benzene rings is 1. The largest absolute Gasteiger partial charge is 0.548 e. The van der Waals surface area contributed by atoms with Gasteiger partial charge < -0.3 is 15.2 Å². The first-order chi connectivity index (χ1) is 8.79. The van der Waals surface area contributed by atoms with Crippen LogP contribution in [0.5, 0.6) is 0 Å². The lowest BCUT2D eigenvalue weighted by atomic mass is 10.1. The Labute approximate surface area is 111 Å². The van der Waals surface area contributed by atoms with Crippen LogP contribution in [0.1, 0.15) is 16.8 Å². The molecule has 1 aromatic rings. The Morgan fingerprint density at radius 3 is 2.32 bits per heavy atom. The third kappa shape index (κ3) is 5.52. The van der Waals surface area contributed by atoms with Gasteiger partial charge in [0.2, 0.25) is 0 Å². The zero-order chi connectivity index (χ0) is 14.5. The van der Waals surface area contributed by atoms with Crippen LogP contribution in [0, 0.1) is 0 Å². The van der Waals surface area contributed by atoms with Gasteiger partial charge in [-0.2, -0.15) is 0 Å². The molecule has 1 atom stereocenters. The SMILES string of the molecule is CS(=O)(=O)CC[C@H](NC(=O)c1ccccc1)C(=O)[O-]. The first-order valence-electron chi connectivity index (χ1n) is 5.54. The molecule has 0 fully saturated rings. The summed E-state index contributed by atoms with van der Waals surface area (Å²) in [5.41, 5.74) is 0.299. The molecule has 0 heterocycles. The Balaban J connectivity index is 2.69. The van der Waals surface area contributed by atoms with Crippen LogP contribution < -0.4 is 10.4 Å². The van der Waals surface area contributed by atoms with Gasteiger partial charge >= 0.3 is 0 Å². The number of hydrogen-bond donors (Lipinski definition) is 1. The van der Waals surface area contributed by atoms with Gasteiger partial charge in [0, 0.05) is 11.8 Å². The lowest BCUT2D eigenvalue weighted by Crippen LogP contribution is -2.48. The fourth-order valence-corrected chi connectivity index (χ4v) is 2.08. The number of nitrogens with one attached hydrogen (secondary N) is 1. The lowest BCUT2D eigenvalue weighted by Gasteiger charge is -2.19. The lowest BCUT2D eigenvalue weighted by molar-refractivity contribution is -0.308. The molecule has 0 unspecified atom stereocenters. The predicted octanol–water partition coefficient (Wildman–Crippen LogP) is -1.03. The van der Waals surface area contributed by atoms with Crippen LogP contribution in [0.3, 0.4) is 0 Å². The molecule has 0 saturated heterocycles. The van der Waals surface area contributed by atoms with Crippen LogP contribution in [0.25, 0.3) is 0 Å². The van der Waals surface area contributed by atoms with E-state index in [1.54, 1.807) is 18.2 Å². The van der Waals surface area contributed by atoms with Crippen molar-refractivity contribution in [2.45, 2.75) is 12.5 Å². The molecule has 1 N–H and O–H groups in total. The fraction of sp³-hybridized carbons (Fsp3) is 0.333. The average molecular weight is 284 g/mol. The van der Waals surface area contributed by atoms with Crippen molar-refractivity contribution in [2.75, 3.05) is 12.0 Å². The fourth-order valence-electron chi connectivity index (χ4n) is 1.41. The van der Waals surface area contributed by atoms with Crippen LogP contribution in [0.15, 0.2) is 30.3 Å². The van der Waals surface area contributed by atoms with Crippen molar-refractivity contribution in [2.24, 2.45) is 0 Å². The average Bonchev–Trinajstić information content (AvgIpc) is 2.33. The second-order valence-electron chi connectivity index (χ2n) is 4.13. The highest BCUT2D eigenvalue weighted by atomic mass is 32.2. The Hall–Kier alpha value is -1.89. The molecule has 1 aromatic carbocycles. The first kappa shape index (κ1) is 15.2. The molecule has 0 aliphatic carbocycles. The Bertz CT molecular complexity index is 553. The number of sulfone groups is 1. The van der Waals surface area contributed by atoms with Gasteiger partial charge in [0.15, 0.2) is 0 Å². The summed E-state index contributed by atoms with van der Waals surface area (Å²) in [6, 6.07) is 6.72. The quantitative estimate of drug-likeness (QED) is 0.719. The highest BCUT2D eigenvalue weighted by Crippen LogP contribution is 2.01. The Morgan fingerprint density at radius 2 is 1.84 bits per heavy atom. The van der Waals surface area contributed by atoms with E-state index < -0.39 is 27.8 Å². The first-order valence-corrected chi connectivity index (χ1v) is 7.60. The molecule has 0 aliphatic rings. The van der Waals surface area contributed by atoms with Crippen LogP contribution >= 0.6 is 0 Å². The summed E-state index contributed by atoms with van der Waals surface area (Å²) >= 11 is 0. The standard InChI is InChI=1S/C12H15NO5S/c1-19(17,18)8-7-10(12(15)16)13-11(14)9-5-3-2-4-6-9/h2-6,10H,7-8H2,1H3,(H,13,14)(H,15,16)/p-1/t10-/m0/s1. The van der Waals surface area contributed by atoms with E-state index in [2.05, 4.69) is 5.32 Å². The van der Waals surface area contributed by atoms with E-state index in [0.717, 1.165) is 6.26 Å². The minimum Gasteiger partial charge on any atom is -0.548 e. The number of carboxylic acids is 1. The molecule has 7 heteroatoms. The molecule has 0 radical (unpaired) electrons. The predicted molar refractivity (Wildman–Crippen MR) is 67.0 cm³/mol. The van der Waals surface area contributed by atoms with Crippen molar-refractivity contribution in [3.8, 4) is 0 Å². The van der Waals surface area contributed by atoms with Crippen molar-refractivity contribution < 1.29 is 23.1 Å². The topological polar surface area (TPSA) is 103 Å². The second kappa shape index (κ2) is 6.33. The highest BCUT2D eigenvalue weighted by molar-refractivity contribution is 7.90. The molecule has 0 aliphatic heterocycles. The summed E-state index contributed by atoms with van der Waals surface area (Å²) in [5, 5.41) is 13.1. The molecule has 6 nitrogen and oxygen atoms in total. The third-order valence-corrected chi connectivity index (χ3v) is 3.38. The number of carbonyl (C=O) groups is 2. The van der Waals surface area contributed by atoms with Gasteiger partial charge in [0.05, 0.1) is 17.8 Å². The van der Waals surface area contributed by atoms with E-state index in [0.29, 0.717) is 5.56 Å². The summed E-state index contributed by atoms with van der Waals surface area (Å²) < 4.78 is 22.0. The van der Waals surface area contributed by atoms with E-state index in [1.807, 2.05) is 0 Å². The number of aliphatic carboxylic acids is 1. The van der Waals surface area contributed by atoms with Crippen molar-refractivity contribution >= 4 is 21.7 Å². The minimum absolute atomic E-state index is 0.222. The van der Waals surface area contributed by atoms with Crippen molar-refractivity contribution in [3.05, 3.63) is 35.9 Å². The second-order valence-corrected chi connectivity index (χ2v) is 6.39. The molecule has 19 heavy (non-hydrogen) atoms. The van der Waals surface area contributed by atoms with Crippen molar-refractivity contribution in [1.29, 1.82) is 0 Å². The summed E-state index contributed by atoms with van der Waals surface area (Å²) in [4.78, 5) is 22.6. The number of carboxylic acid groups (broad SMARTS) is 1. The molecule has 1 amide bonds. The highest BCUT2D eigenvalue weighted by Gasteiger charge is 2.16. The van der Waals surface area contributed by atoms with Crippen LogP contribution in [-0.2, 0) is 14.6 Å². The number of hydrogen-bond acceptors (Lipinski definition) is 5. The maximum atomic E-state index is 11.7. The zero-order valence-electron chi connectivity index (χ0n) is 10.3. The number of carbonyl (C=O) groups excluding carboxylic acids is 2. The molecule has 0 aromatic heterocycles. The van der Waals surface area contributed by atoms with Crippen molar-refractivity contribution in [1.82, 2.24) is 5.32 Å². The molecular weight excluding hydrogens is 270 g/mol. The van der Waals surface area contributed by atoms with Gasteiger partial charge in [-0.15, -0.1) is 0 Å². The Kier molecular flexibility index (Phi) is 5.05. The van der Waals surface area contributed by atoms with Gasteiger partial charge in [0.1, 0.15) is 9.84 Å². The summed E-state index contributed by atoms with van der Waals surface area (Å²) in [6.07, 6.45) is 0.776. The maximum Gasteiger partial charge on any atom is 0.251 e. The number of amides is 1.